The SMILES string of the molecule is CC(C)c1ccc(N2C3CCC2CC(O)C3)cn1.CC(C)c1ccc(N2CC3CC2CO3)cn1.CC(C)c1ccc(N2C[C@@H]3C[C@H]2CO3)cn1.CC(C)c1ccc(N2C[C@H]3C[C@@H]2CO3)cn1.CC(C)c1cccc(N2CCC3CNCC32)n1.CC(C)c1cccc(N2CC[C@@H]3CNC[C@@H]32)n1.CC(C)c1cccc(N2CC[C@H]3CNC[C@H]32)n1. The van der Waals surface area contributed by atoms with Crippen molar-refractivity contribution in [2.24, 2.45) is 17.8 Å². The Morgan fingerprint density at radius 2 is 0.607 bits per heavy atom. The lowest BCUT2D eigenvalue weighted by Crippen LogP contribution is -2.44. The van der Waals surface area contributed by atoms with Gasteiger partial charge < -0.3 is 69.6 Å². The minimum atomic E-state index is -0.0957. The van der Waals surface area contributed by atoms with Crippen LogP contribution in [-0.4, -0.2) is 211 Å². The van der Waals surface area contributed by atoms with Gasteiger partial charge in [-0.25, -0.2) is 15.0 Å². The number of fused-ring (bicyclic) bond motifs is 11. The molecular formula is C96H139N17O4. The van der Waals surface area contributed by atoms with Crippen molar-refractivity contribution in [3.63, 3.8) is 0 Å². The van der Waals surface area contributed by atoms with Crippen LogP contribution in [-0.2, 0) is 14.2 Å². The maximum Gasteiger partial charge on any atom is 0.129 e. The highest BCUT2D eigenvalue weighted by Crippen LogP contribution is 2.42. The maximum atomic E-state index is 9.83. The van der Waals surface area contributed by atoms with Crippen molar-refractivity contribution in [1.82, 2.24) is 50.8 Å². The van der Waals surface area contributed by atoms with Gasteiger partial charge in [0.25, 0.3) is 0 Å². The third-order valence-corrected chi connectivity index (χ3v) is 27.4. The van der Waals surface area contributed by atoms with Crippen LogP contribution in [0, 0.1) is 17.8 Å². The van der Waals surface area contributed by atoms with Crippen LogP contribution in [0.25, 0.3) is 0 Å². The molecule has 14 fully saturated rings. The third kappa shape index (κ3) is 20.0. The van der Waals surface area contributed by atoms with Gasteiger partial charge in [-0.2, -0.15) is 0 Å². The average Bonchev–Trinajstić information content (AvgIpc) is 1.70. The van der Waals surface area contributed by atoms with Crippen LogP contribution in [0.1, 0.15) is 242 Å². The second-order valence-electron chi connectivity index (χ2n) is 37.9. The van der Waals surface area contributed by atoms with Gasteiger partial charge in [0, 0.05) is 149 Å². The molecule has 7 aromatic rings. The maximum absolute atomic E-state index is 9.83. The number of rotatable bonds is 14. The lowest BCUT2D eigenvalue weighted by Gasteiger charge is -2.38. The second-order valence-corrected chi connectivity index (χ2v) is 37.9. The highest BCUT2D eigenvalue weighted by molar-refractivity contribution is 5.53. The van der Waals surface area contributed by atoms with E-state index in [0.717, 1.165) is 95.4 Å². The summed E-state index contributed by atoms with van der Waals surface area (Å²) in [6.07, 6.45) is 21.1. The van der Waals surface area contributed by atoms with Crippen molar-refractivity contribution < 1.29 is 19.3 Å². The van der Waals surface area contributed by atoms with Crippen molar-refractivity contribution in [1.29, 1.82) is 0 Å². The van der Waals surface area contributed by atoms with Crippen LogP contribution in [0.15, 0.2) is 128 Å². The van der Waals surface area contributed by atoms with Crippen molar-refractivity contribution in [3.05, 3.63) is 168 Å². The number of morpholine rings is 3. The van der Waals surface area contributed by atoms with Crippen molar-refractivity contribution in [2.75, 3.05) is 133 Å². The van der Waals surface area contributed by atoms with E-state index in [2.05, 4.69) is 270 Å². The molecule has 14 saturated heterocycles. The minimum absolute atomic E-state index is 0.0957. The molecule has 21 heterocycles. The first kappa shape index (κ1) is 84.4. The molecule has 4 N–H and O–H groups in total. The number of aliphatic hydroxyl groups is 1. The normalized spacial score (nSPS) is 28.4. The highest BCUT2D eigenvalue weighted by Gasteiger charge is 2.45. The molecule has 0 amide bonds. The first-order chi connectivity index (χ1) is 56.6. The standard InChI is InChI=1S/C15H22N2O.3C14H21N3.3C13H18N2O/c1-10(2)15-6-5-13(9-16-15)17-11-3-4-12(17)8-14(18)7-11;3*1-10(2)12-4-3-5-14(16-12)17-7-6-11-8-15-9-13(11)17;3*1-9(2)13-4-3-10(6-14-13)15-7-12-5-11(15)8-16-12/h5-6,9-12,14,18H,3-4,7-8H2,1-2H3;3*3-5,10-11,13,15H,6-9H2,1-2H3;3*3-4,6,9,11-12H,5,7-8H2,1-2H3/t;2*11-,13+;;2*11-,12-;/m.10.10./s1. The zero-order chi connectivity index (χ0) is 81.5. The highest BCUT2D eigenvalue weighted by atomic mass is 16.5. The van der Waals surface area contributed by atoms with Crippen molar-refractivity contribution in [2.45, 2.75) is 275 Å². The smallest absolute Gasteiger partial charge is 0.129 e. The van der Waals surface area contributed by atoms with E-state index in [1.165, 1.54) is 165 Å². The van der Waals surface area contributed by atoms with Crippen LogP contribution >= 0.6 is 0 Å². The van der Waals surface area contributed by atoms with Crippen LogP contribution < -0.4 is 50.2 Å². The van der Waals surface area contributed by atoms with E-state index >= 15 is 0 Å². The number of aliphatic hydroxyl groups excluding tert-OH is 1. The molecule has 6 unspecified atom stereocenters. The minimum Gasteiger partial charge on any atom is -0.393 e. The average molecular weight is 1600 g/mol. The number of ether oxygens (including phenoxy) is 3. The second kappa shape index (κ2) is 38.4. The van der Waals surface area contributed by atoms with Gasteiger partial charge in [0.2, 0.25) is 0 Å². The molecule has 0 aliphatic carbocycles. The van der Waals surface area contributed by atoms with Crippen LogP contribution in [0.4, 0.5) is 40.2 Å². The molecule has 21 nitrogen and oxygen atoms in total. The Balaban J connectivity index is 0.000000107. The number of aromatic nitrogens is 7. The van der Waals surface area contributed by atoms with E-state index in [1.54, 1.807) is 0 Å². The summed E-state index contributed by atoms with van der Waals surface area (Å²) in [5, 5.41) is 20.3. The van der Waals surface area contributed by atoms with Gasteiger partial charge in [-0.15, -0.1) is 0 Å². The number of piperidine rings is 1. The Bertz CT molecular complexity index is 3890. The first-order valence-electron chi connectivity index (χ1n) is 45.4. The van der Waals surface area contributed by atoms with Crippen molar-refractivity contribution >= 4 is 40.2 Å². The monoisotopic (exact) mass is 1590 g/mol. The summed E-state index contributed by atoms with van der Waals surface area (Å²) in [6, 6.07) is 41.5. The molecule has 117 heavy (non-hydrogen) atoms. The molecule has 0 saturated carbocycles. The molecule has 21 rings (SSSR count). The fourth-order valence-corrected chi connectivity index (χ4v) is 20.5. The van der Waals surface area contributed by atoms with E-state index in [4.69, 9.17) is 29.2 Å². The zero-order valence-corrected chi connectivity index (χ0v) is 72.9. The Hall–Kier alpha value is -7.63. The number of anilines is 7. The van der Waals surface area contributed by atoms with Gasteiger partial charge in [-0.05, 0) is 208 Å². The summed E-state index contributed by atoms with van der Waals surface area (Å²) in [5.74, 6) is 9.55. The van der Waals surface area contributed by atoms with E-state index in [-0.39, 0.29) is 6.10 Å². The fourth-order valence-electron chi connectivity index (χ4n) is 20.5. The molecule has 0 spiro atoms. The Morgan fingerprint density at radius 3 is 0.855 bits per heavy atom. The fraction of sp³-hybridized carbons (Fsp3) is 0.635. The lowest BCUT2D eigenvalue weighted by molar-refractivity contribution is 0.0990. The van der Waals surface area contributed by atoms with Crippen LogP contribution in [0.5, 0.6) is 0 Å². The van der Waals surface area contributed by atoms with Gasteiger partial charge in [0.05, 0.1) is 110 Å². The lowest BCUT2D eigenvalue weighted by atomic mass is 9.99. The first-order valence-corrected chi connectivity index (χ1v) is 45.4. The van der Waals surface area contributed by atoms with Crippen LogP contribution in [0.3, 0.4) is 0 Å². The van der Waals surface area contributed by atoms with Crippen molar-refractivity contribution in [3.8, 4) is 0 Å². The summed E-state index contributed by atoms with van der Waals surface area (Å²) in [4.78, 5) is 49.9. The third-order valence-electron chi connectivity index (χ3n) is 27.4. The Kier molecular flexibility index (Phi) is 27.7. The predicted octanol–water partition coefficient (Wildman–Crippen LogP) is 15.3. The predicted molar refractivity (Wildman–Crippen MR) is 476 cm³/mol. The Labute approximate surface area is 700 Å². The largest absolute Gasteiger partial charge is 0.393 e. The number of pyridine rings is 7. The Morgan fingerprint density at radius 1 is 0.316 bits per heavy atom. The molecule has 21 heteroatoms. The summed E-state index contributed by atoms with van der Waals surface area (Å²) < 4.78 is 16.8. The van der Waals surface area contributed by atoms with Gasteiger partial charge in [-0.3, -0.25) is 19.9 Å². The molecular weight excluding hydrogens is 1460 g/mol. The number of hydrogen-bond acceptors (Lipinski definition) is 21. The number of nitrogens with one attached hydrogen (secondary N) is 3. The summed E-state index contributed by atoms with van der Waals surface area (Å²) in [5.41, 5.74) is 13.3. The molecule has 7 aromatic heterocycles. The molecule has 14 atom stereocenters. The molecule has 14 aliphatic heterocycles. The van der Waals surface area contributed by atoms with E-state index < -0.39 is 0 Å². The molecule has 0 aromatic carbocycles. The molecule has 632 valence electrons. The van der Waals surface area contributed by atoms with Gasteiger partial charge in [0.15, 0.2) is 0 Å². The topological polar surface area (TPSA) is 197 Å². The molecule has 14 aliphatic rings. The summed E-state index contributed by atoms with van der Waals surface area (Å²) in [7, 11) is 0. The molecule has 0 radical (unpaired) electrons. The van der Waals surface area contributed by atoms with Gasteiger partial charge in [0.1, 0.15) is 17.5 Å². The van der Waals surface area contributed by atoms with E-state index in [0.29, 0.717) is 108 Å². The van der Waals surface area contributed by atoms with E-state index in [9.17, 15) is 5.11 Å². The summed E-state index contributed by atoms with van der Waals surface area (Å²) in [6.45, 7) is 46.8. The number of nitrogens with zero attached hydrogens (tertiary/aromatic N) is 14. The zero-order valence-electron chi connectivity index (χ0n) is 72.9. The molecule has 8 bridgehead atoms. The number of hydrogen-bond donors (Lipinski definition) is 4. The van der Waals surface area contributed by atoms with Crippen LogP contribution in [0.2, 0.25) is 0 Å². The van der Waals surface area contributed by atoms with Gasteiger partial charge >= 0.3 is 0 Å². The van der Waals surface area contributed by atoms with Gasteiger partial charge in [-0.1, -0.05) is 115 Å². The quantitative estimate of drug-likeness (QED) is 0.0801. The summed E-state index contributed by atoms with van der Waals surface area (Å²) >= 11 is 0. The van der Waals surface area contributed by atoms with E-state index in [1.807, 2.05) is 24.8 Å².